The van der Waals surface area contributed by atoms with E-state index in [0.29, 0.717) is 22.5 Å². The van der Waals surface area contributed by atoms with Crippen LogP contribution in [0, 0.1) is 27.7 Å². The molecule has 4 rings (SSSR count). The van der Waals surface area contributed by atoms with Crippen molar-refractivity contribution in [2.75, 3.05) is 11.9 Å². The fourth-order valence-electron chi connectivity index (χ4n) is 3.41. The number of aromatic nitrogens is 2. The van der Waals surface area contributed by atoms with Crippen molar-refractivity contribution in [3.8, 4) is 11.3 Å². The second-order valence-corrected chi connectivity index (χ2v) is 7.74. The molecule has 162 valence electrons. The molecule has 2 aromatic carbocycles. The first kappa shape index (κ1) is 21.2. The number of fused-ring (bicyclic) bond motifs is 1. The van der Waals surface area contributed by atoms with Crippen LogP contribution in [0.5, 0.6) is 0 Å². The normalized spacial score (nSPS) is 10.9. The molecule has 0 unspecified atom stereocenters. The van der Waals surface area contributed by atoms with Gasteiger partial charge in [0.15, 0.2) is 6.61 Å². The number of benzene rings is 2. The zero-order chi connectivity index (χ0) is 22.8. The number of rotatable bonds is 5. The Bertz CT molecular complexity index is 1320. The van der Waals surface area contributed by atoms with Crippen LogP contribution in [-0.2, 0) is 9.53 Å². The second-order valence-electron chi connectivity index (χ2n) is 7.74. The summed E-state index contributed by atoms with van der Waals surface area (Å²) >= 11 is 0. The Morgan fingerprint density at radius 1 is 1.03 bits per heavy atom. The highest BCUT2D eigenvalue weighted by atomic mass is 16.5. The summed E-state index contributed by atoms with van der Waals surface area (Å²) in [4.78, 5) is 29.8. The van der Waals surface area contributed by atoms with Crippen molar-refractivity contribution in [1.29, 1.82) is 0 Å². The lowest BCUT2D eigenvalue weighted by molar-refractivity contribution is -0.119. The molecule has 7 heteroatoms. The van der Waals surface area contributed by atoms with E-state index in [1.54, 1.807) is 13.0 Å². The second kappa shape index (κ2) is 8.63. The van der Waals surface area contributed by atoms with Crippen molar-refractivity contribution in [2.24, 2.45) is 0 Å². The lowest BCUT2D eigenvalue weighted by Crippen LogP contribution is -2.21. The van der Waals surface area contributed by atoms with Gasteiger partial charge in [-0.2, -0.15) is 0 Å². The Balaban J connectivity index is 1.57. The first-order valence-electron chi connectivity index (χ1n) is 10.2. The minimum atomic E-state index is -0.645. The number of hydrogen-bond acceptors (Lipinski definition) is 6. The first-order valence-corrected chi connectivity index (χ1v) is 10.2. The summed E-state index contributed by atoms with van der Waals surface area (Å²) in [6.45, 7) is 7.19. The van der Waals surface area contributed by atoms with Gasteiger partial charge in [-0.15, -0.1) is 0 Å². The number of esters is 1. The van der Waals surface area contributed by atoms with E-state index in [-0.39, 0.29) is 11.3 Å². The van der Waals surface area contributed by atoms with E-state index in [1.165, 1.54) is 0 Å². The maximum absolute atomic E-state index is 12.9. The van der Waals surface area contributed by atoms with Gasteiger partial charge in [-0.25, -0.2) is 9.78 Å². The minimum absolute atomic E-state index is 0.243. The molecule has 0 bridgehead atoms. The van der Waals surface area contributed by atoms with Gasteiger partial charge in [-0.05, 0) is 51.0 Å². The minimum Gasteiger partial charge on any atom is -0.452 e. The number of ether oxygens (including phenoxy) is 1. The molecule has 0 saturated heterocycles. The molecule has 7 nitrogen and oxygen atoms in total. The van der Waals surface area contributed by atoms with Gasteiger partial charge in [0.1, 0.15) is 0 Å². The Labute approximate surface area is 185 Å². The van der Waals surface area contributed by atoms with E-state index >= 15 is 0 Å². The lowest BCUT2D eigenvalue weighted by atomic mass is 10.0. The van der Waals surface area contributed by atoms with Gasteiger partial charge in [0.2, 0.25) is 0 Å². The maximum Gasteiger partial charge on any atom is 0.339 e. The van der Waals surface area contributed by atoms with Crippen LogP contribution < -0.4 is 5.32 Å². The van der Waals surface area contributed by atoms with Crippen molar-refractivity contribution < 1.29 is 18.8 Å². The highest BCUT2D eigenvalue weighted by Crippen LogP contribution is 2.28. The average molecular weight is 429 g/mol. The highest BCUT2D eigenvalue weighted by molar-refractivity contribution is 6.05. The summed E-state index contributed by atoms with van der Waals surface area (Å²) in [5.41, 5.74) is 6.23. The van der Waals surface area contributed by atoms with Gasteiger partial charge in [0.25, 0.3) is 11.6 Å². The Hall–Kier alpha value is -4.00. The fraction of sp³-hybridized carbons (Fsp3) is 0.200. The van der Waals surface area contributed by atoms with Crippen LogP contribution in [0.1, 0.15) is 32.7 Å². The topological polar surface area (TPSA) is 94.3 Å². The van der Waals surface area contributed by atoms with E-state index < -0.39 is 18.5 Å². The molecule has 32 heavy (non-hydrogen) atoms. The third kappa shape index (κ3) is 4.23. The number of hydrogen-bond donors (Lipinski definition) is 1. The fourth-order valence-corrected chi connectivity index (χ4v) is 3.41. The molecule has 2 aromatic heterocycles. The predicted molar refractivity (Wildman–Crippen MR) is 122 cm³/mol. The summed E-state index contributed by atoms with van der Waals surface area (Å²) in [7, 11) is 0. The number of amides is 1. The van der Waals surface area contributed by atoms with Crippen LogP contribution in [0.4, 0.5) is 5.69 Å². The molecular weight excluding hydrogens is 406 g/mol. The Kier molecular flexibility index (Phi) is 5.73. The molecule has 1 amide bonds. The molecule has 4 aromatic rings. The molecule has 0 atom stereocenters. The van der Waals surface area contributed by atoms with Crippen LogP contribution in [0.3, 0.4) is 0 Å². The molecule has 0 radical (unpaired) electrons. The molecule has 0 fully saturated rings. The Morgan fingerprint density at radius 2 is 1.78 bits per heavy atom. The summed E-state index contributed by atoms with van der Waals surface area (Å²) in [6, 6.07) is 15.0. The summed E-state index contributed by atoms with van der Waals surface area (Å²) < 4.78 is 10.6. The summed E-state index contributed by atoms with van der Waals surface area (Å²) in [6.07, 6.45) is 0. The van der Waals surface area contributed by atoms with Crippen molar-refractivity contribution in [2.45, 2.75) is 27.7 Å². The molecule has 0 saturated carbocycles. The maximum atomic E-state index is 12.9. The van der Waals surface area contributed by atoms with Gasteiger partial charge in [0, 0.05) is 11.3 Å². The van der Waals surface area contributed by atoms with Gasteiger partial charge in [0.05, 0.1) is 22.3 Å². The molecule has 0 aliphatic rings. The zero-order valence-electron chi connectivity index (χ0n) is 18.4. The van der Waals surface area contributed by atoms with Gasteiger partial charge in [-0.1, -0.05) is 47.1 Å². The van der Waals surface area contributed by atoms with Gasteiger partial charge in [-0.3, -0.25) is 4.79 Å². The summed E-state index contributed by atoms with van der Waals surface area (Å²) in [5.74, 6) is -1.06. The van der Waals surface area contributed by atoms with Crippen LogP contribution >= 0.6 is 0 Å². The molecule has 1 N–H and O–H groups in total. The predicted octanol–water partition coefficient (Wildman–Crippen LogP) is 4.92. The monoisotopic (exact) mass is 429 g/mol. The molecule has 0 spiro atoms. The van der Waals surface area contributed by atoms with Gasteiger partial charge < -0.3 is 14.6 Å². The zero-order valence-corrected chi connectivity index (χ0v) is 18.4. The number of nitrogens with zero attached hydrogens (tertiary/aromatic N) is 2. The molecule has 0 aliphatic carbocycles. The number of aryl methyl sites for hydroxylation is 3. The molecule has 0 aliphatic heterocycles. The van der Waals surface area contributed by atoms with Crippen molar-refractivity contribution >= 4 is 28.7 Å². The van der Waals surface area contributed by atoms with Crippen molar-refractivity contribution in [3.63, 3.8) is 0 Å². The van der Waals surface area contributed by atoms with Crippen LogP contribution in [0.15, 0.2) is 53.1 Å². The number of pyridine rings is 1. The number of nitrogens with one attached hydrogen (secondary N) is 1. The highest BCUT2D eigenvalue weighted by Gasteiger charge is 2.21. The van der Waals surface area contributed by atoms with E-state index in [9.17, 15) is 9.59 Å². The van der Waals surface area contributed by atoms with Crippen LogP contribution in [0.25, 0.3) is 22.4 Å². The van der Waals surface area contributed by atoms with Gasteiger partial charge >= 0.3 is 5.97 Å². The number of carbonyl (C=O) groups is 2. The third-order valence-electron chi connectivity index (χ3n) is 5.40. The Morgan fingerprint density at radius 3 is 2.53 bits per heavy atom. The lowest BCUT2D eigenvalue weighted by Gasteiger charge is -2.11. The standard InChI is InChI=1S/C25H23N3O4/c1-14-8-10-18(11-9-14)21-12-19(23-17(4)28-32-24(23)27-21)25(30)31-13-22(29)26-20-7-5-6-15(2)16(20)3/h5-12H,13H2,1-4H3,(H,26,29). The first-order chi connectivity index (χ1) is 15.3. The van der Waals surface area contributed by atoms with Crippen molar-refractivity contribution in [1.82, 2.24) is 10.1 Å². The smallest absolute Gasteiger partial charge is 0.339 e. The quantitative estimate of drug-likeness (QED) is 0.453. The molecule has 2 heterocycles. The number of anilines is 1. The van der Waals surface area contributed by atoms with Crippen molar-refractivity contribution in [3.05, 3.63) is 76.5 Å². The number of carbonyl (C=O) groups excluding carboxylic acids is 2. The van der Waals surface area contributed by atoms with E-state index in [2.05, 4.69) is 15.5 Å². The SMILES string of the molecule is Cc1ccc(-c2cc(C(=O)OCC(=O)Nc3cccc(C)c3C)c3c(C)noc3n2)cc1. The third-order valence-corrected chi connectivity index (χ3v) is 5.40. The summed E-state index contributed by atoms with van der Waals surface area (Å²) in [5, 5.41) is 7.19. The van der Waals surface area contributed by atoms with E-state index in [4.69, 9.17) is 9.26 Å². The van der Waals surface area contributed by atoms with Crippen LogP contribution in [0.2, 0.25) is 0 Å². The van der Waals surface area contributed by atoms with Crippen LogP contribution in [-0.4, -0.2) is 28.6 Å². The largest absolute Gasteiger partial charge is 0.452 e. The molecular formula is C25H23N3O4. The van der Waals surface area contributed by atoms with E-state index in [0.717, 1.165) is 22.3 Å². The average Bonchev–Trinajstić information content (AvgIpc) is 3.16. The van der Waals surface area contributed by atoms with E-state index in [1.807, 2.05) is 63.2 Å².